The summed E-state index contributed by atoms with van der Waals surface area (Å²) in [6.45, 7) is 6.77. The number of phenolic OH excluding ortho intramolecular Hbond substituents is 1. The van der Waals surface area contributed by atoms with Crippen molar-refractivity contribution in [2.24, 2.45) is 0 Å². The van der Waals surface area contributed by atoms with Gasteiger partial charge in [-0.3, -0.25) is 4.79 Å². The molecule has 1 heterocycles. The van der Waals surface area contributed by atoms with Gasteiger partial charge in [0.05, 0.1) is 5.69 Å². The molecule has 0 bridgehead atoms. The van der Waals surface area contributed by atoms with Crippen LogP contribution in [0.4, 0.5) is 5.69 Å². The molecular weight excluding hydrogens is 246 g/mol. The largest absolute Gasteiger partial charge is 0.508 e. The van der Waals surface area contributed by atoms with Crippen LogP contribution in [0.15, 0.2) is 34.0 Å². The first-order chi connectivity index (χ1) is 8.93. The van der Waals surface area contributed by atoms with E-state index in [4.69, 9.17) is 4.42 Å². The second-order valence-corrected chi connectivity index (χ2v) is 4.20. The van der Waals surface area contributed by atoms with Crippen LogP contribution in [0.25, 0.3) is 11.0 Å². The maximum absolute atomic E-state index is 11.6. The zero-order chi connectivity index (χ0) is 14.2. The Morgan fingerprint density at radius 2 is 2.05 bits per heavy atom. The smallest absolute Gasteiger partial charge is 0.339 e. The van der Waals surface area contributed by atoms with Crippen LogP contribution in [-0.4, -0.2) is 11.0 Å². The number of anilines is 1. The second kappa shape index (κ2) is 4.61. The summed E-state index contributed by atoms with van der Waals surface area (Å²) in [6, 6.07) is 2.74. The van der Waals surface area contributed by atoms with Gasteiger partial charge in [-0.2, -0.15) is 0 Å². The highest BCUT2D eigenvalue weighted by atomic mass is 16.4. The van der Waals surface area contributed by atoms with Crippen LogP contribution < -0.4 is 10.9 Å². The molecule has 5 nitrogen and oxygen atoms in total. The van der Waals surface area contributed by atoms with Gasteiger partial charge in [0.25, 0.3) is 0 Å². The van der Waals surface area contributed by atoms with E-state index in [1.807, 2.05) is 0 Å². The lowest BCUT2D eigenvalue weighted by Gasteiger charge is -2.11. The summed E-state index contributed by atoms with van der Waals surface area (Å²) in [5.74, 6) is -0.506. The Bertz CT molecular complexity index is 743. The van der Waals surface area contributed by atoms with Crippen LogP contribution in [-0.2, 0) is 4.79 Å². The van der Waals surface area contributed by atoms with Crippen LogP contribution in [0, 0.1) is 13.8 Å². The molecule has 0 saturated heterocycles. The number of benzene rings is 1. The maximum atomic E-state index is 11.6. The van der Waals surface area contributed by atoms with Crippen molar-refractivity contribution in [1.29, 1.82) is 0 Å². The van der Waals surface area contributed by atoms with Gasteiger partial charge in [0.2, 0.25) is 5.91 Å². The predicted octanol–water partition coefficient (Wildman–Crippen LogP) is 2.24. The monoisotopic (exact) mass is 259 g/mol. The zero-order valence-corrected chi connectivity index (χ0v) is 10.6. The molecule has 98 valence electrons. The summed E-state index contributed by atoms with van der Waals surface area (Å²) >= 11 is 0. The highest BCUT2D eigenvalue weighted by Gasteiger charge is 2.14. The van der Waals surface area contributed by atoms with Crippen molar-refractivity contribution in [3.8, 4) is 5.75 Å². The number of phenols is 1. The summed E-state index contributed by atoms with van der Waals surface area (Å²) < 4.78 is 5.12. The quantitative estimate of drug-likeness (QED) is 0.640. The Labute approximate surface area is 109 Å². The number of rotatable bonds is 2. The highest BCUT2D eigenvalue weighted by Crippen LogP contribution is 2.31. The number of aryl methyl sites for hydroxylation is 1. The molecule has 0 aliphatic heterocycles. The normalized spacial score (nSPS) is 10.4. The molecule has 1 aromatic carbocycles. The molecule has 0 fully saturated rings. The minimum absolute atomic E-state index is 0.0988. The summed E-state index contributed by atoms with van der Waals surface area (Å²) in [5, 5.41) is 12.8. The molecule has 0 aliphatic rings. The van der Waals surface area contributed by atoms with Crippen LogP contribution in [0.2, 0.25) is 0 Å². The van der Waals surface area contributed by atoms with E-state index in [1.54, 1.807) is 13.8 Å². The van der Waals surface area contributed by atoms with Gasteiger partial charge in [0.1, 0.15) is 11.3 Å². The van der Waals surface area contributed by atoms with Crippen molar-refractivity contribution in [2.45, 2.75) is 13.8 Å². The molecule has 0 atom stereocenters. The molecule has 0 aliphatic carbocycles. The van der Waals surface area contributed by atoms with E-state index in [1.165, 1.54) is 12.1 Å². The topological polar surface area (TPSA) is 79.5 Å². The van der Waals surface area contributed by atoms with Crippen molar-refractivity contribution >= 4 is 22.6 Å². The van der Waals surface area contributed by atoms with Gasteiger partial charge < -0.3 is 14.8 Å². The Balaban J connectivity index is 2.82. The van der Waals surface area contributed by atoms with Gasteiger partial charge in [-0.05, 0) is 25.5 Å². The van der Waals surface area contributed by atoms with Gasteiger partial charge >= 0.3 is 5.63 Å². The van der Waals surface area contributed by atoms with Crippen LogP contribution in [0.5, 0.6) is 5.75 Å². The predicted molar refractivity (Wildman–Crippen MR) is 72.4 cm³/mol. The molecule has 2 N–H and O–H groups in total. The van der Waals surface area contributed by atoms with E-state index in [0.29, 0.717) is 22.2 Å². The number of fused-ring (bicyclic) bond motifs is 1. The van der Waals surface area contributed by atoms with E-state index >= 15 is 0 Å². The molecular formula is C14H13NO4. The average molecular weight is 259 g/mol. The fourth-order valence-corrected chi connectivity index (χ4v) is 1.87. The number of hydrogen-bond acceptors (Lipinski definition) is 4. The SMILES string of the molecule is C=CC(=O)Nc1cc(O)cc2oc(=O)c(C)c(C)c12. The van der Waals surface area contributed by atoms with E-state index < -0.39 is 11.5 Å². The average Bonchev–Trinajstić information content (AvgIpc) is 2.35. The summed E-state index contributed by atoms with van der Waals surface area (Å²) in [6.07, 6.45) is 1.12. The molecule has 0 saturated carbocycles. The molecule has 0 spiro atoms. The van der Waals surface area contributed by atoms with Crippen molar-refractivity contribution < 1.29 is 14.3 Å². The van der Waals surface area contributed by atoms with E-state index in [9.17, 15) is 14.7 Å². The second-order valence-electron chi connectivity index (χ2n) is 4.20. The zero-order valence-electron chi connectivity index (χ0n) is 10.6. The third-order valence-electron chi connectivity index (χ3n) is 2.98. The first kappa shape index (κ1) is 12.9. The third-order valence-corrected chi connectivity index (χ3v) is 2.98. The minimum Gasteiger partial charge on any atom is -0.508 e. The lowest BCUT2D eigenvalue weighted by atomic mass is 10.0. The van der Waals surface area contributed by atoms with Gasteiger partial charge in [-0.1, -0.05) is 6.58 Å². The molecule has 5 heteroatoms. The van der Waals surface area contributed by atoms with Crippen LogP contribution in [0.3, 0.4) is 0 Å². The van der Waals surface area contributed by atoms with Crippen LogP contribution in [0.1, 0.15) is 11.1 Å². The first-order valence-corrected chi connectivity index (χ1v) is 5.64. The first-order valence-electron chi connectivity index (χ1n) is 5.64. The number of nitrogens with one attached hydrogen (secondary N) is 1. The fraction of sp³-hybridized carbons (Fsp3) is 0.143. The summed E-state index contributed by atoms with van der Waals surface area (Å²) in [4.78, 5) is 23.0. The molecule has 2 rings (SSSR count). The number of hydrogen-bond donors (Lipinski definition) is 2. The van der Waals surface area contributed by atoms with E-state index in [0.717, 1.165) is 6.08 Å². The summed E-state index contributed by atoms with van der Waals surface area (Å²) in [7, 11) is 0. The Morgan fingerprint density at radius 3 is 2.68 bits per heavy atom. The number of amides is 1. The Hall–Kier alpha value is -2.56. The highest BCUT2D eigenvalue weighted by molar-refractivity contribution is 6.06. The van der Waals surface area contributed by atoms with Gasteiger partial charge in [-0.25, -0.2) is 4.79 Å². The van der Waals surface area contributed by atoms with Crippen LogP contribution >= 0.6 is 0 Å². The molecule has 0 radical (unpaired) electrons. The van der Waals surface area contributed by atoms with E-state index in [2.05, 4.69) is 11.9 Å². The number of carbonyl (C=O) groups is 1. The number of aromatic hydroxyl groups is 1. The third kappa shape index (κ3) is 2.22. The molecule has 0 unspecified atom stereocenters. The molecule has 19 heavy (non-hydrogen) atoms. The summed E-state index contributed by atoms with van der Waals surface area (Å²) in [5.41, 5.74) is 1.31. The lowest BCUT2D eigenvalue weighted by molar-refractivity contribution is -0.111. The lowest BCUT2D eigenvalue weighted by Crippen LogP contribution is -2.10. The minimum atomic E-state index is -0.461. The Kier molecular flexibility index (Phi) is 3.12. The van der Waals surface area contributed by atoms with Crippen molar-refractivity contribution in [3.05, 3.63) is 46.3 Å². The van der Waals surface area contributed by atoms with Crippen molar-refractivity contribution in [3.63, 3.8) is 0 Å². The van der Waals surface area contributed by atoms with Crippen molar-refractivity contribution in [2.75, 3.05) is 5.32 Å². The molecule has 1 aromatic heterocycles. The van der Waals surface area contributed by atoms with Gasteiger partial charge in [0, 0.05) is 23.1 Å². The molecule has 2 aromatic rings. The van der Waals surface area contributed by atoms with Gasteiger partial charge in [-0.15, -0.1) is 0 Å². The molecule has 1 amide bonds. The Morgan fingerprint density at radius 1 is 1.37 bits per heavy atom. The number of carbonyl (C=O) groups excluding carboxylic acids is 1. The van der Waals surface area contributed by atoms with Gasteiger partial charge in [0.15, 0.2) is 0 Å². The van der Waals surface area contributed by atoms with E-state index in [-0.39, 0.29) is 11.3 Å². The fourth-order valence-electron chi connectivity index (χ4n) is 1.87. The maximum Gasteiger partial charge on any atom is 0.339 e. The van der Waals surface area contributed by atoms with Crippen molar-refractivity contribution in [1.82, 2.24) is 0 Å². The standard InChI is InChI=1S/C14H13NO4/c1-4-12(17)15-10-5-9(16)6-11-13(10)7(2)8(3)14(18)19-11/h4-6,16H,1H2,2-3H3,(H,15,17).